The Labute approximate surface area is 105 Å². The Kier molecular flexibility index (Phi) is 3.72. The molecule has 1 heterocycles. The first-order chi connectivity index (χ1) is 8.09. The van der Waals surface area contributed by atoms with E-state index in [0.29, 0.717) is 11.6 Å². The average molecular weight is 253 g/mol. The van der Waals surface area contributed by atoms with Gasteiger partial charge in [0.25, 0.3) is 0 Å². The van der Waals surface area contributed by atoms with Crippen molar-refractivity contribution in [2.75, 3.05) is 23.5 Å². The summed E-state index contributed by atoms with van der Waals surface area (Å²) in [7, 11) is 1.98. The van der Waals surface area contributed by atoms with Crippen molar-refractivity contribution in [3.8, 4) is 0 Å². The number of carbonyl (C=O) groups is 1. The number of hydrogen-bond acceptors (Lipinski definition) is 3. The molecule has 0 spiro atoms. The quantitative estimate of drug-likeness (QED) is 0.772. The standard InChI is InChI=1S/C13H16FNOS/c1-9(16)12-7-10(14)3-4-13(12)15(2)11-5-6-17-8-11/h3-4,7,11H,5-6,8H2,1-2H3. The van der Waals surface area contributed by atoms with Gasteiger partial charge >= 0.3 is 0 Å². The lowest BCUT2D eigenvalue weighted by molar-refractivity contribution is 0.101. The van der Waals surface area contributed by atoms with Crippen molar-refractivity contribution in [3.05, 3.63) is 29.6 Å². The van der Waals surface area contributed by atoms with Gasteiger partial charge in [-0.3, -0.25) is 4.79 Å². The predicted molar refractivity (Wildman–Crippen MR) is 70.5 cm³/mol. The molecular formula is C13H16FNOS. The smallest absolute Gasteiger partial charge is 0.161 e. The van der Waals surface area contributed by atoms with Crippen LogP contribution < -0.4 is 4.90 Å². The van der Waals surface area contributed by atoms with Crippen LogP contribution >= 0.6 is 11.8 Å². The third-order valence-corrected chi connectivity index (χ3v) is 4.32. The summed E-state index contributed by atoms with van der Waals surface area (Å²) in [4.78, 5) is 13.6. The number of hydrogen-bond donors (Lipinski definition) is 0. The number of ketones is 1. The molecule has 0 aliphatic carbocycles. The molecule has 0 radical (unpaired) electrons. The van der Waals surface area contributed by atoms with Gasteiger partial charge in [-0.25, -0.2) is 4.39 Å². The lowest BCUT2D eigenvalue weighted by Gasteiger charge is -2.27. The molecule has 0 N–H and O–H groups in total. The second-order valence-corrected chi connectivity index (χ2v) is 5.50. The van der Waals surface area contributed by atoms with Crippen LogP contribution in [0.15, 0.2) is 18.2 Å². The first-order valence-electron chi connectivity index (χ1n) is 5.70. The van der Waals surface area contributed by atoms with Crippen molar-refractivity contribution >= 4 is 23.2 Å². The molecule has 2 rings (SSSR count). The van der Waals surface area contributed by atoms with Crippen LogP contribution in [0.25, 0.3) is 0 Å². The summed E-state index contributed by atoms with van der Waals surface area (Å²) in [6, 6.07) is 4.90. The van der Waals surface area contributed by atoms with Crippen molar-refractivity contribution in [3.63, 3.8) is 0 Å². The van der Waals surface area contributed by atoms with Crippen molar-refractivity contribution < 1.29 is 9.18 Å². The summed E-state index contributed by atoms with van der Waals surface area (Å²) in [5, 5.41) is 0. The molecular weight excluding hydrogens is 237 g/mol. The zero-order valence-corrected chi connectivity index (χ0v) is 10.9. The number of nitrogens with zero attached hydrogens (tertiary/aromatic N) is 1. The largest absolute Gasteiger partial charge is 0.370 e. The first kappa shape index (κ1) is 12.4. The minimum absolute atomic E-state index is 0.0861. The Morgan fingerprint density at radius 3 is 2.88 bits per heavy atom. The highest BCUT2D eigenvalue weighted by atomic mass is 32.2. The molecule has 1 aromatic rings. The van der Waals surface area contributed by atoms with Gasteiger partial charge in [-0.15, -0.1) is 0 Å². The fourth-order valence-electron chi connectivity index (χ4n) is 2.12. The molecule has 0 bridgehead atoms. The Morgan fingerprint density at radius 2 is 2.29 bits per heavy atom. The molecule has 92 valence electrons. The summed E-state index contributed by atoms with van der Waals surface area (Å²) in [6.07, 6.45) is 1.12. The Balaban J connectivity index is 2.33. The summed E-state index contributed by atoms with van der Waals surface area (Å²) in [5.74, 6) is 1.79. The number of thioether (sulfide) groups is 1. The fourth-order valence-corrected chi connectivity index (χ4v) is 3.39. The van der Waals surface area contributed by atoms with Gasteiger partial charge in [-0.2, -0.15) is 11.8 Å². The van der Waals surface area contributed by atoms with Crippen LogP contribution in [0.3, 0.4) is 0 Å². The molecule has 1 aliphatic heterocycles. The number of anilines is 1. The lowest BCUT2D eigenvalue weighted by atomic mass is 10.1. The van der Waals surface area contributed by atoms with Crippen molar-refractivity contribution in [1.29, 1.82) is 0 Å². The highest BCUT2D eigenvalue weighted by molar-refractivity contribution is 7.99. The molecule has 1 unspecified atom stereocenters. The molecule has 0 saturated carbocycles. The van der Waals surface area contributed by atoms with E-state index in [2.05, 4.69) is 4.90 Å². The maximum absolute atomic E-state index is 13.2. The van der Waals surface area contributed by atoms with E-state index in [0.717, 1.165) is 23.6 Å². The average Bonchev–Trinajstić information content (AvgIpc) is 2.81. The molecule has 1 atom stereocenters. The van der Waals surface area contributed by atoms with Gasteiger partial charge in [-0.1, -0.05) is 0 Å². The maximum Gasteiger partial charge on any atom is 0.161 e. The second kappa shape index (κ2) is 5.08. The number of benzene rings is 1. The van der Waals surface area contributed by atoms with Crippen molar-refractivity contribution in [2.45, 2.75) is 19.4 Å². The molecule has 17 heavy (non-hydrogen) atoms. The number of carbonyl (C=O) groups excluding carboxylic acids is 1. The van der Waals surface area contributed by atoms with Gasteiger partial charge in [-0.05, 0) is 37.3 Å². The van der Waals surface area contributed by atoms with E-state index < -0.39 is 0 Å². The SMILES string of the molecule is CC(=O)c1cc(F)ccc1N(C)C1CCSC1. The van der Waals surface area contributed by atoms with Crippen molar-refractivity contribution in [2.24, 2.45) is 0 Å². The molecule has 1 aromatic carbocycles. The lowest BCUT2D eigenvalue weighted by Crippen LogP contribution is -2.32. The van der Waals surface area contributed by atoms with Crippen LogP contribution in [0.2, 0.25) is 0 Å². The first-order valence-corrected chi connectivity index (χ1v) is 6.86. The fraction of sp³-hybridized carbons (Fsp3) is 0.462. The molecule has 4 heteroatoms. The van der Waals surface area contributed by atoms with Gasteiger partial charge < -0.3 is 4.90 Å². The highest BCUT2D eigenvalue weighted by Crippen LogP contribution is 2.28. The topological polar surface area (TPSA) is 20.3 Å². The normalized spacial score (nSPS) is 19.4. The van der Waals surface area contributed by atoms with Crippen LogP contribution in [0, 0.1) is 5.82 Å². The van der Waals surface area contributed by atoms with Gasteiger partial charge in [0.05, 0.1) is 0 Å². The molecule has 0 amide bonds. The summed E-state index contributed by atoms with van der Waals surface area (Å²) >= 11 is 1.92. The van der Waals surface area contributed by atoms with Gasteiger partial charge in [0.15, 0.2) is 5.78 Å². The van der Waals surface area contributed by atoms with Crippen LogP contribution in [0.1, 0.15) is 23.7 Å². The van der Waals surface area contributed by atoms with Gasteiger partial charge in [0.1, 0.15) is 5.82 Å². The van der Waals surface area contributed by atoms with Gasteiger partial charge in [0.2, 0.25) is 0 Å². The molecule has 1 saturated heterocycles. The molecule has 1 aliphatic rings. The zero-order valence-electron chi connectivity index (χ0n) is 10.1. The van der Waals surface area contributed by atoms with Crippen LogP contribution in [0.5, 0.6) is 0 Å². The van der Waals surface area contributed by atoms with E-state index in [1.807, 2.05) is 18.8 Å². The van der Waals surface area contributed by atoms with Crippen LogP contribution in [0.4, 0.5) is 10.1 Å². The third-order valence-electron chi connectivity index (χ3n) is 3.17. The van der Waals surface area contributed by atoms with E-state index in [-0.39, 0.29) is 11.6 Å². The summed E-state index contributed by atoms with van der Waals surface area (Å²) < 4.78 is 13.2. The summed E-state index contributed by atoms with van der Waals surface area (Å²) in [6.45, 7) is 1.48. The predicted octanol–water partition coefficient (Wildman–Crippen LogP) is 2.97. The van der Waals surface area contributed by atoms with Gasteiger partial charge in [0, 0.05) is 30.1 Å². The maximum atomic E-state index is 13.2. The van der Waals surface area contributed by atoms with E-state index >= 15 is 0 Å². The number of halogens is 1. The van der Waals surface area contributed by atoms with E-state index in [1.165, 1.54) is 19.1 Å². The van der Waals surface area contributed by atoms with Crippen LogP contribution in [-0.4, -0.2) is 30.4 Å². The molecule has 0 aromatic heterocycles. The Hall–Kier alpha value is -1.03. The summed E-state index contributed by atoms with van der Waals surface area (Å²) in [5.41, 5.74) is 1.32. The number of rotatable bonds is 3. The van der Waals surface area contributed by atoms with E-state index in [4.69, 9.17) is 0 Å². The highest BCUT2D eigenvalue weighted by Gasteiger charge is 2.23. The zero-order chi connectivity index (χ0) is 12.4. The van der Waals surface area contributed by atoms with E-state index in [9.17, 15) is 9.18 Å². The monoisotopic (exact) mass is 253 g/mol. The molecule has 1 fully saturated rings. The van der Waals surface area contributed by atoms with E-state index in [1.54, 1.807) is 6.07 Å². The third kappa shape index (κ3) is 2.63. The van der Waals surface area contributed by atoms with Crippen LogP contribution in [-0.2, 0) is 0 Å². The Bertz CT molecular complexity index is 429. The van der Waals surface area contributed by atoms with Crippen molar-refractivity contribution in [1.82, 2.24) is 0 Å². The Morgan fingerprint density at radius 1 is 1.53 bits per heavy atom. The number of Topliss-reactive ketones (excluding diaryl/α,β-unsaturated/α-hetero) is 1. The molecule has 2 nitrogen and oxygen atoms in total. The minimum atomic E-state index is -0.354. The second-order valence-electron chi connectivity index (χ2n) is 4.35. The minimum Gasteiger partial charge on any atom is -0.370 e.